The number of carbonyl (C=O) groups is 1. The summed E-state index contributed by atoms with van der Waals surface area (Å²) in [6, 6.07) is 9.78. The number of methoxy groups -OCH3 is 1. The van der Waals surface area contributed by atoms with Crippen molar-refractivity contribution in [1.29, 1.82) is 0 Å². The lowest BCUT2D eigenvalue weighted by Gasteiger charge is -2.13. The molecule has 1 amide bonds. The zero-order valence-electron chi connectivity index (χ0n) is 13.0. The highest BCUT2D eigenvalue weighted by Gasteiger charge is 2.15. The number of halogens is 2. The van der Waals surface area contributed by atoms with E-state index in [9.17, 15) is 13.6 Å². The molecule has 122 valence electrons. The van der Waals surface area contributed by atoms with Gasteiger partial charge in [-0.1, -0.05) is 18.2 Å². The molecule has 0 radical (unpaired) electrons. The van der Waals surface area contributed by atoms with Gasteiger partial charge in [0.2, 0.25) is 0 Å². The normalized spacial score (nSPS) is 10.5. The molecule has 0 fully saturated rings. The molecule has 2 aromatic rings. The minimum absolute atomic E-state index is 0.133. The Hall–Kier alpha value is -2.63. The summed E-state index contributed by atoms with van der Waals surface area (Å²) in [5.74, 6) is -0.463. The van der Waals surface area contributed by atoms with Gasteiger partial charge in [0, 0.05) is 11.3 Å². The molecule has 1 N–H and O–H groups in total. The van der Waals surface area contributed by atoms with Crippen LogP contribution < -0.4 is 14.8 Å². The summed E-state index contributed by atoms with van der Waals surface area (Å²) in [6.45, 7) is 0.755. The lowest BCUT2D eigenvalue weighted by Crippen LogP contribution is -2.14. The van der Waals surface area contributed by atoms with Crippen molar-refractivity contribution in [2.75, 3.05) is 12.4 Å². The fourth-order valence-corrected chi connectivity index (χ4v) is 2.20. The number of rotatable bonds is 5. The molecule has 0 aliphatic carbocycles. The van der Waals surface area contributed by atoms with Gasteiger partial charge in [0.1, 0.15) is 0 Å². The first-order valence-electron chi connectivity index (χ1n) is 6.92. The minimum atomic E-state index is -3.00. The number of alkyl halides is 2. The van der Waals surface area contributed by atoms with Gasteiger partial charge in [0.15, 0.2) is 11.5 Å². The lowest BCUT2D eigenvalue weighted by molar-refractivity contribution is -0.0512. The van der Waals surface area contributed by atoms with E-state index in [0.29, 0.717) is 5.69 Å². The Balaban J connectivity index is 2.29. The van der Waals surface area contributed by atoms with Crippen LogP contribution >= 0.6 is 0 Å². The van der Waals surface area contributed by atoms with Crippen LogP contribution in [0.2, 0.25) is 0 Å². The van der Waals surface area contributed by atoms with E-state index in [1.165, 1.54) is 25.3 Å². The molecule has 0 atom stereocenters. The zero-order chi connectivity index (χ0) is 17.0. The summed E-state index contributed by atoms with van der Waals surface area (Å²) in [5.41, 5.74) is 2.72. The van der Waals surface area contributed by atoms with Crippen LogP contribution in [0.25, 0.3) is 0 Å². The molecule has 0 aliphatic heterocycles. The molecule has 4 nitrogen and oxygen atoms in total. The van der Waals surface area contributed by atoms with Crippen LogP contribution in [0.3, 0.4) is 0 Å². The Kier molecular flexibility index (Phi) is 5.16. The van der Waals surface area contributed by atoms with Crippen LogP contribution in [0.1, 0.15) is 21.5 Å². The quantitative estimate of drug-likeness (QED) is 0.899. The fraction of sp³-hybridized carbons (Fsp3) is 0.235. The van der Waals surface area contributed by atoms with Crippen molar-refractivity contribution in [3.63, 3.8) is 0 Å². The highest BCUT2D eigenvalue weighted by Crippen LogP contribution is 2.30. The first-order valence-corrected chi connectivity index (χ1v) is 6.92. The molecule has 0 bridgehead atoms. The van der Waals surface area contributed by atoms with E-state index < -0.39 is 12.5 Å². The first-order chi connectivity index (χ1) is 10.9. The highest BCUT2D eigenvalue weighted by atomic mass is 19.3. The van der Waals surface area contributed by atoms with Gasteiger partial charge in [-0.25, -0.2) is 0 Å². The van der Waals surface area contributed by atoms with Crippen molar-refractivity contribution < 1.29 is 23.0 Å². The maximum Gasteiger partial charge on any atom is 0.387 e. The van der Waals surface area contributed by atoms with Crippen molar-refractivity contribution in [3.05, 3.63) is 53.1 Å². The number of benzene rings is 2. The van der Waals surface area contributed by atoms with E-state index in [0.717, 1.165) is 11.1 Å². The third kappa shape index (κ3) is 3.97. The molecule has 0 saturated carbocycles. The maximum absolute atomic E-state index is 12.4. The van der Waals surface area contributed by atoms with Gasteiger partial charge in [-0.15, -0.1) is 0 Å². The molecular formula is C17H17F2NO3. The summed E-state index contributed by atoms with van der Waals surface area (Å²) < 4.78 is 34.2. The number of nitrogens with one attached hydrogen (secondary N) is 1. The summed E-state index contributed by atoms with van der Waals surface area (Å²) in [7, 11) is 1.34. The first kappa shape index (κ1) is 16.7. The largest absolute Gasteiger partial charge is 0.493 e. The predicted octanol–water partition coefficient (Wildman–Crippen LogP) is 4.17. The summed E-state index contributed by atoms with van der Waals surface area (Å²) >= 11 is 0. The molecule has 0 unspecified atom stereocenters. The third-order valence-corrected chi connectivity index (χ3v) is 3.36. The molecule has 2 aromatic carbocycles. The SMILES string of the molecule is COc1ccc(C(=O)Nc2c(C)cccc2C)cc1OC(F)F. The number of hydrogen-bond acceptors (Lipinski definition) is 3. The number of aryl methyl sites for hydroxylation is 2. The highest BCUT2D eigenvalue weighted by molar-refractivity contribution is 6.05. The van der Waals surface area contributed by atoms with Crippen LogP contribution in [0.15, 0.2) is 36.4 Å². The van der Waals surface area contributed by atoms with Gasteiger partial charge >= 0.3 is 6.61 Å². The van der Waals surface area contributed by atoms with E-state index in [1.54, 1.807) is 0 Å². The van der Waals surface area contributed by atoms with Crippen LogP contribution in [-0.2, 0) is 0 Å². The number of para-hydroxylation sites is 1. The van der Waals surface area contributed by atoms with Crippen LogP contribution in [-0.4, -0.2) is 19.6 Å². The Morgan fingerprint density at radius 1 is 1.09 bits per heavy atom. The predicted molar refractivity (Wildman–Crippen MR) is 83.5 cm³/mol. The molecule has 23 heavy (non-hydrogen) atoms. The average Bonchev–Trinajstić information content (AvgIpc) is 2.50. The second-order valence-electron chi connectivity index (χ2n) is 4.97. The van der Waals surface area contributed by atoms with Crippen molar-refractivity contribution in [2.24, 2.45) is 0 Å². The molecule has 0 heterocycles. The summed E-state index contributed by atoms with van der Waals surface area (Å²) in [4.78, 5) is 12.4. The van der Waals surface area contributed by atoms with Gasteiger partial charge in [-0.05, 0) is 43.2 Å². The molecule has 0 saturated heterocycles. The molecule has 0 aliphatic rings. The van der Waals surface area contributed by atoms with Crippen molar-refractivity contribution in [2.45, 2.75) is 20.5 Å². The van der Waals surface area contributed by atoms with Crippen LogP contribution in [0.4, 0.5) is 14.5 Å². The minimum Gasteiger partial charge on any atom is -0.493 e. The molecule has 2 rings (SSSR count). The monoisotopic (exact) mass is 321 g/mol. The van der Waals surface area contributed by atoms with Crippen molar-refractivity contribution >= 4 is 11.6 Å². The van der Waals surface area contributed by atoms with E-state index in [4.69, 9.17) is 4.74 Å². The summed E-state index contributed by atoms with van der Waals surface area (Å²) in [5, 5.41) is 2.79. The van der Waals surface area contributed by atoms with Crippen molar-refractivity contribution in [3.8, 4) is 11.5 Å². The van der Waals surface area contributed by atoms with Crippen LogP contribution in [0, 0.1) is 13.8 Å². The lowest BCUT2D eigenvalue weighted by atomic mass is 10.1. The van der Waals surface area contributed by atoms with E-state index in [-0.39, 0.29) is 17.1 Å². The molecule has 6 heteroatoms. The van der Waals surface area contributed by atoms with E-state index >= 15 is 0 Å². The molecule has 0 aromatic heterocycles. The Labute approximate surface area is 133 Å². The number of carbonyl (C=O) groups excluding carboxylic acids is 1. The second-order valence-corrected chi connectivity index (χ2v) is 4.97. The van der Waals surface area contributed by atoms with E-state index in [1.807, 2.05) is 32.0 Å². The number of ether oxygens (including phenoxy) is 2. The Bertz CT molecular complexity index is 697. The van der Waals surface area contributed by atoms with Gasteiger partial charge in [-0.2, -0.15) is 8.78 Å². The number of hydrogen-bond donors (Lipinski definition) is 1. The van der Waals surface area contributed by atoms with Gasteiger partial charge in [0.05, 0.1) is 7.11 Å². The van der Waals surface area contributed by atoms with Crippen molar-refractivity contribution in [1.82, 2.24) is 0 Å². The number of anilines is 1. The topological polar surface area (TPSA) is 47.6 Å². The smallest absolute Gasteiger partial charge is 0.387 e. The Morgan fingerprint density at radius 3 is 2.30 bits per heavy atom. The zero-order valence-corrected chi connectivity index (χ0v) is 13.0. The Morgan fingerprint density at radius 2 is 1.74 bits per heavy atom. The van der Waals surface area contributed by atoms with E-state index in [2.05, 4.69) is 10.1 Å². The second kappa shape index (κ2) is 7.09. The van der Waals surface area contributed by atoms with Crippen LogP contribution in [0.5, 0.6) is 11.5 Å². The molecular weight excluding hydrogens is 304 g/mol. The third-order valence-electron chi connectivity index (χ3n) is 3.36. The standard InChI is InChI=1S/C17H17F2NO3/c1-10-5-4-6-11(2)15(10)20-16(21)12-7-8-13(22-3)14(9-12)23-17(18)19/h4-9,17H,1-3H3,(H,20,21). The fourth-order valence-electron chi connectivity index (χ4n) is 2.20. The van der Waals surface area contributed by atoms with Gasteiger partial charge in [0.25, 0.3) is 5.91 Å². The van der Waals surface area contributed by atoms with Gasteiger partial charge in [-0.3, -0.25) is 4.79 Å². The van der Waals surface area contributed by atoms with Gasteiger partial charge < -0.3 is 14.8 Å². The molecule has 0 spiro atoms. The summed E-state index contributed by atoms with van der Waals surface area (Å²) in [6.07, 6.45) is 0. The number of amides is 1. The average molecular weight is 321 g/mol. The maximum atomic E-state index is 12.4.